The summed E-state index contributed by atoms with van der Waals surface area (Å²) in [6.45, 7) is 3.81. The lowest BCUT2D eigenvalue weighted by Gasteiger charge is -2.45. The maximum atomic E-state index is 11.7. The number of hydrogen-bond acceptors (Lipinski definition) is 5. The van der Waals surface area contributed by atoms with E-state index < -0.39 is 0 Å². The Morgan fingerprint density at radius 2 is 2.03 bits per heavy atom. The number of nitrogen functional groups attached to an aromatic ring is 1. The van der Waals surface area contributed by atoms with Gasteiger partial charge in [0.25, 0.3) is 0 Å². The van der Waals surface area contributed by atoms with E-state index in [9.17, 15) is 9.59 Å². The van der Waals surface area contributed by atoms with Crippen molar-refractivity contribution in [2.45, 2.75) is 57.4 Å². The van der Waals surface area contributed by atoms with E-state index in [4.69, 9.17) is 5.73 Å². The molecule has 154 valence electrons. The summed E-state index contributed by atoms with van der Waals surface area (Å²) in [5.74, 6) is 0.492. The Hall–Kier alpha value is -2.41. The number of carbonyl (C=O) groups is 2. The molecule has 0 bridgehead atoms. The second-order valence-electron chi connectivity index (χ2n) is 8.18. The van der Waals surface area contributed by atoms with E-state index in [1.54, 1.807) is 11.3 Å². The molecule has 3 aliphatic heterocycles. The van der Waals surface area contributed by atoms with Gasteiger partial charge in [-0.3, -0.25) is 9.59 Å². The number of rotatable bonds is 2. The Bertz CT molecular complexity index is 895. The molecule has 29 heavy (non-hydrogen) atoms. The monoisotopic (exact) mass is 412 g/mol. The largest absolute Gasteiger partial charge is 0.399 e. The molecule has 5 rings (SSSR count). The Kier molecular flexibility index (Phi) is 5.58. The molecule has 0 aliphatic carbocycles. The molecule has 4 heterocycles. The molecule has 1 aromatic heterocycles. The molecule has 7 heteroatoms. The lowest BCUT2D eigenvalue weighted by molar-refractivity contribution is -0.153. The Balaban J connectivity index is 0.000000216. The number of nitrogens with one attached hydrogen (secondary N) is 1. The van der Waals surface area contributed by atoms with Crippen LogP contribution in [-0.4, -0.2) is 34.8 Å². The van der Waals surface area contributed by atoms with E-state index in [1.165, 1.54) is 6.42 Å². The van der Waals surface area contributed by atoms with E-state index in [1.807, 2.05) is 30.2 Å². The number of aromatic nitrogens is 1. The third-order valence-corrected chi connectivity index (χ3v) is 7.16. The summed E-state index contributed by atoms with van der Waals surface area (Å²) in [5, 5.41) is 3.88. The standard InChI is InChI=1S/C16H17N3OS.C6H11NO/c1-10-5-11(7-12(17)6-10)13-9-18-15(21-13)16-3-2-4-19(16)14(20)8-16;8-6-4-2-1-3-5-7-6/h5-7,9H,2-4,8,17H2,1H3;1-5H2,(H,7,8). The number of nitrogens with two attached hydrogens (primary N) is 1. The van der Waals surface area contributed by atoms with Gasteiger partial charge in [0, 0.05) is 31.4 Å². The summed E-state index contributed by atoms with van der Waals surface area (Å²) in [6.07, 6.45) is 8.84. The van der Waals surface area contributed by atoms with Gasteiger partial charge in [-0.15, -0.1) is 11.3 Å². The predicted molar refractivity (Wildman–Crippen MR) is 115 cm³/mol. The molecule has 0 spiro atoms. The lowest BCUT2D eigenvalue weighted by atomic mass is 9.85. The highest BCUT2D eigenvalue weighted by atomic mass is 32.1. The fourth-order valence-electron chi connectivity index (χ4n) is 4.46. The lowest BCUT2D eigenvalue weighted by Crippen LogP contribution is -2.57. The van der Waals surface area contributed by atoms with Crippen molar-refractivity contribution in [1.29, 1.82) is 0 Å². The van der Waals surface area contributed by atoms with E-state index in [-0.39, 0.29) is 17.4 Å². The van der Waals surface area contributed by atoms with Crippen LogP contribution in [0.25, 0.3) is 10.4 Å². The smallest absolute Gasteiger partial charge is 0.226 e. The molecule has 0 saturated carbocycles. The van der Waals surface area contributed by atoms with Crippen molar-refractivity contribution in [3.63, 3.8) is 0 Å². The predicted octanol–water partition coefficient (Wildman–Crippen LogP) is 3.60. The van der Waals surface area contributed by atoms with Gasteiger partial charge in [0.1, 0.15) is 10.5 Å². The summed E-state index contributed by atoms with van der Waals surface area (Å²) in [5.41, 5.74) is 8.88. The van der Waals surface area contributed by atoms with Gasteiger partial charge in [-0.2, -0.15) is 0 Å². The third-order valence-electron chi connectivity index (χ3n) is 5.92. The van der Waals surface area contributed by atoms with Crippen molar-refractivity contribution in [1.82, 2.24) is 15.2 Å². The van der Waals surface area contributed by atoms with Gasteiger partial charge >= 0.3 is 0 Å². The highest BCUT2D eigenvalue weighted by Gasteiger charge is 2.56. The third kappa shape index (κ3) is 4.01. The average molecular weight is 413 g/mol. The first-order valence-corrected chi connectivity index (χ1v) is 11.2. The summed E-state index contributed by atoms with van der Waals surface area (Å²) in [6, 6.07) is 6.08. The highest BCUT2D eigenvalue weighted by molar-refractivity contribution is 7.15. The minimum absolute atomic E-state index is 0.102. The molecule has 1 unspecified atom stereocenters. The SMILES string of the molecule is Cc1cc(N)cc(-c2cnc(C34CCCN3C(=O)C4)s2)c1.O=C1CCCCCN1. The molecule has 2 amide bonds. The van der Waals surface area contributed by atoms with Crippen molar-refractivity contribution in [3.05, 3.63) is 35.0 Å². The number of carbonyl (C=O) groups excluding carboxylic acids is 2. The van der Waals surface area contributed by atoms with Gasteiger partial charge in [0.2, 0.25) is 11.8 Å². The van der Waals surface area contributed by atoms with Gasteiger partial charge in [-0.25, -0.2) is 4.98 Å². The maximum absolute atomic E-state index is 11.7. The Labute approximate surface area is 175 Å². The van der Waals surface area contributed by atoms with Gasteiger partial charge in [0.05, 0.1) is 11.3 Å². The van der Waals surface area contributed by atoms with Gasteiger partial charge in [-0.1, -0.05) is 12.5 Å². The van der Waals surface area contributed by atoms with E-state index in [2.05, 4.69) is 16.4 Å². The van der Waals surface area contributed by atoms with Crippen molar-refractivity contribution < 1.29 is 9.59 Å². The summed E-state index contributed by atoms with van der Waals surface area (Å²) >= 11 is 1.70. The zero-order chi connectivity index (χ0) is 20.4. The topological polar surface area (TPSA) is 88.3 Å². The summed E-state index contributed by atoms with van der Waals surface area (Å²) < 4.78 is 0. The van der Waals surface area contributed by atoms with Crippen LogP contribution in [-0.2, 0) is 15.1 Å². The van der Waals surface area contributed by atoms with Crippen molar-refractivity contribution in [3.8, 4) is 10.4 Å². The van der Waals surface area contributed by atoms with E-state index in [0.717, 1.165) is 71.9 Å². The quantitative estimate of drug-likeness (QED) is 0.583. The number of thiazole rings is 1. The van der Waals surface area contributed by atoms with Crippen molar-refractivity contribution in [2.24, 2.45) is 0 Å². The summed E-state index contributed by atoms with van der Waals surface area (Å²) in [4.78, 5) is 30.1. The second kappa shape index (κ2) is 8.14. The number of nitrogens with zero attached hydrogens (tertiary/aromatic N) is 2. The zero-order valence-electron chi connectivity index (χ0n) is 16.9. The van der Waals surface area contributed by atoms with Gasteiger partial charge in [0.15, 0.2) is 0 Å². The minimum Gasteiger partial charge on any atom is -0.399 e. The number of fused-ring (bicyclic) bond motifs is 1. The van der Waals surface area contributed by atoms with Crippen LogP contribution < -0.4 is 11.1 Å². The van der Waals surface area contributed by atoms with Crippen LogP contribution in [0.15, 0.2) is 24.4 Å². The minimum atomic E-state index is -0.102. The van der Waals surface area contributed by atoms with Crippen LogP contribution in [0.5, 0.6) is 0 Å². The second-order valence-corrected chi connectivity index (χ2v) is 9.21. The molecule has 3 saturated heterocycles. The van der Waals surface area contributed by atoms with Crippen molar-refractivity contribution >= 4 is 28.8 Å². The normalized spacial score (nSPS) is 23.4. The van der Waals surface area contributed by atoms with Crippen LogP contribution in [0.4, 0.5) is 5.69 Å². The van der Waals surface area contributed by atoms with Crippen LogP contribution in [0.1, 0.15) is 55.5 Å². The number of β-lactam (4-membered cyclic amide) rings is 1. The Morgan fingerprint density at radius 3 is 2.83 bits per heavy atom. The maximum Gasteiger partial charge on any atom is 0.226 e. The first-order valence-electron chi connectivity index (χ1n) is 10.4. The number of amides is 2. The van der Waals surface area contributed by atoms with Gasteiger partial charge < -0.3 is 16.0 Å². The van der Waals surface area contributed by atoms with Crippen LogP contribution in [0.2, 0.25) is 0 Å². The fraction of sp³-hybridized carbons (Fsp3) is 0.500. The molecule has 1 atom stereocenters. The first kappa shape index (κ1) is 19.9. The average Bonchev–Trinajstić information content (AvgIpc) is 3.22. The van der Waals surface area contributed by atoms with E-state index in [0.29, 0.717) is 6.42 Å². The van der Waals surface area contributed by atoms with Crippen LogP contribution in [0, 0.1) is 6.92 Å². The summed E-state index contributed by atoms with van der Waals surface area (Å²) in [7, 11) is 0. The molecule has 1 aromatic carbocycles. The Morgan fingerprint density at radius 1 is 1.17 bits per heavy atom. The highest BCUT2D eigenvalue weighted by Crippen LogP contribution is 2.51. The molecule has 3 fully saturated rings. The van der Waals surface area contributed by atoms with Crippen molar-refractivity contribution in [2.75, 3.05) is 18.8 Å². The first-order chi connectivity index (χ1) is 14.0. The number of hydrogen-bond donors (Lipinski definition) is 2. The number of aryl methyl sites for hydroxylation is 1. The van der Waals surface area contributed by atoms with Crippen LogP contribution in [0.3, 0.4) is 0 Å². The molecule has 6 nitrogen and oxygen atoms in total. The number of anilines is 1. The fourth-order valence-corrected chi connectivity index (χ4v) is 5.59. The molecule has 3 N–H and O–H groups in total. The van der Waals surface area contributed by atoms with E-state index >= 15 is 0 Å². The molecular formula is C22H28N4O2S. The number of benzene rings is 1. The zero-order valence-corrected chi connectivity index (χ0v) is 17.7. The molecular weight excluding hydrogens is 384 g/mol. The molecule has 2 aromatic rings. The van der Waals surface area contributed by atoms with Crippen LogP contribution >= 0.6 is 11.3 Å². The van der Waals surface area contributed by atoms with Gasteiger partial charge in [-0.05, 0) is 55.9 Å². The molecule has 0 radical (unpaired) electrons. The molecule has 3 aliphatic rings.